The summed E-state index contributed by atoms with van der Waals surface area (Å²) in [5.41, 5.74) is 0.993. The van der Waals surface area contributed by atoms with Gasteiger partial charge in [-0.3, -0.25) is 0 Å². The van der Waals surface area contributed by atoms with Crippen molar-refractivity contribution >= 4 is 0 Å². The molecule has 0 N–H and O–H groups in total. The first-order valence-corrected chi connectivity index (χ1v) is 5.93. The molecule has 92 valence electrons. The largest absolute Gasteiger partial charge is 0.331 e. The lowest BCUT2D eigenvalue weighted by atomic mass is 10.1. The van der Waals surface area contributed by atoms with Crippen LogP contribution in [0.25, 0.3) is 0 Å². The number of nitriles is 1. The van der Waals surface area contributed by atoms with Gasteiger partial charge in [-0.15, -0.1) is 0 Å². The molecule has 1 aromatic carbocycles. The van der Waals surface area contributed by atoms with E-state index in [2.05, 4.69) is 11.9 Å². The maximum atomic E-state index is 13.2. The number of halogens is 1. The third-order valence-corrected chi connectivity index (χ3v) is 2.78. The van der Waals surface area contributed by atoms with Crippen molar-refractivity contribution in [2.75, 3.05) is 0 Å². The predicted octanol–water partition coefficient (Wildman–Crippen LogP) is 2.89. The predicted molar refractivity (Wildman–Crippen MR) is 66.4 cm³/mol. The van der Waals surface area contributed by atoms with E-state index in [-0.39, 0.29) is 5.56 Å². The Labute approximate surface area is 106 Å². The van der Waals surface area contributed by atoms with E-state index in [4.69, 9.17) is 5.26 Å². The molecule has 2 aromatic rings. The first-order valence-electron chi connectivity index (χ1n) is 5.93. The highest BCUT2D eigenvalue weighted by Crippen LogP contribution is 2.12. The summed E-state index contributed by atoms with van der Waals surface area (Å²) in [7, 11) is 0. The van der Waals surface area contributed by atoms with Crippen LogP contribution in [0.2, 0.25) is 0 Å². The lowest BCUT2D eigenvalue weighted by Gasteiger charge is -2.07. The second-order valence-corrected chi connectivity index (χ2v) is 4.15. The summed E-state index contributed by atoms with van der Waals surface area (Å²) in [5, 5.41) is 8.80. The SMILES string of the molecule is CCCc1nccn1Cc1ccc(F)c(C#N)c1. The molecule has 18 heavy (non-hydrogen) atoms. The fourth-order valence-corrected chi connectivity index (χ4v) is 1.89. The molecule has 0 aliphatic carbocycles. The molecule has 0 atom stereocenters. The molecule has 2 rings (SSSR count). The van der Waals surface area contributed by atoms with Crippen LogP contribution in [0, 0.1) is 17.1 Å². The van der Waals surface area contributed by atoms with Crippen LogP contribution in [0.1, 0.15) is 30.3 Å². The second-order valence-electron chi connectivity index (χ2n) is 4.15. The molecule has 3 nitrogen and oxygen atoms in total. The van der Waals surface area contributed by atoms with Crippen LogP contribution < -0.4 is 0 Å². The molecule has 0 radical (unpaired) electrons. The van der Waals surface area contributed by atoms with Crippen molar-refractivity contribution < 1.29 is 4.39 Å². The Kier molecular flexibility index (Phi) is 3.73. The van der Waals surface area contributed by atoms with E-state index in [0.717, 1.165) is 24.2 Å². The van der Waals surface area contributed by atoms with Crippen molar-refractivity contribution in [3.63, 3.8) is 0 Å². The smallest absolute Gasteiger partial charge is 0.140 e. The van der Waals surface area contributed by atoms with Gasteiger partial charge in [-0.2, -0.15) is 5.26 Å². The number of aromatic nitrogens is 2. The molecule has 0 amide bonds. The zero-order chi connectivity index (χ0) is 13.0. The summed E-state index contributed by atoms with van der Waals surface area (Å²) >= 11 is 0. The Balaban J connectivity index is 2.23. The molecule has 0 saturated heterocycles. The summed E-state index contributed by atoms with van der Waals surface area (Å²) in [6.07, 6.45) is 5.61. The highest BCUT2D eigenvalue weighted by Gasteiger charge is 2.06. The molecule has 0 bridgehead atoms. The maximum absolute atomic E-state index is 13.2. The molecule has 4 heteroatoms. The van der Waals surface area contributed by atoms with Crippen LogP contribution in [-0.4, -0.2) is 9.55 Å². The Hall–Kier alpha value is -2.15. The number of aryl methyl sites for hydroxylation is 1. The molecule has 0 aliphatic heterocycles. The third-order valence-electron chi connectivity index (χ3n) is 2.78. The number of imidazole rings is 1. The van der Waals surface area contributed by atoms with E-state index in [1.165, 1.54) is 6.07 Å². The Morgan fingerprint density at radius 2 is 2.28 bits per heavy atom. The van der Waals surface area contributed by atoms with Crippen molar-refractivity contribution in [1.29, 1.82) is 5.26 Å². The van der Waals surface area contributed by atoms with E-state index < -0.39 is 5.82 Å². The summed E-state index contributed by atoms with van der Waals surface area (Å²) < 4.78 is 15.2. The van der Waals surface area contributed by atoms with Gasteiger partial charge in [0.15, 0.2) is 0 Å². The molecule has 1 heterocycles. The molecule has 1 aromatic heterocycles. The average molecular weight is 243 g/mol. The van der Waals surface area contributed by atoms with Crippen LogP contribution in [0.4, 0.5) is 4.39 Å². The summed E-state index contributed by atoms with van der Waals surface area (Å²) in [5.74, 6) is 0.543. The zero-order valence-electron chi connectivity index (χ0n) is 10.2. The zero-order valence-corrected chi connectivity index (χ0v) is 10.2. The van der Waals surface area contributed by atoms with Crippen LogP contribution in [0.15, 0.2) is 30.6 Å². The summed E-state index contributed by atoms with van der Waals surface area (Å²) in [6, 6.07) is 6.48. The first-order chi connectivity index (χ1) is 8.74. The molecular weight excluding hydrogens is 229 g/mol. The fraction of sp³-hybridized carbons (Fsp3) is 0.286. The quantitative estimate of drug-likeness (QED) is 0.828. The van der Waals surface area contributed by atoms with Gasteiger partial charge in [0, 0.05) is 25.4 Å². The number of hydrogen-bond donors (Lipinski definition) is 0. The van der Waals surface area contributed by atoms with Crippen molar-refractivity contribution in [1.82, 2.24) is 9.55 Å². The minimum atomic E-state index is -0.472. The molecular formula is C14H14FN3. The van der Waals surface area contributed by atoms with Gasteiger partial charge in [0.25, 0.3) is 0 Å². The highest BCUT2D eigenvalue weighted by atomic mass is 19.1. The normalized spacial score (nSPS) is 10.3. The van der Waals surface area contributed by atoms with Crippen LogP contribution in [0.5, 0.6) is 0 Å². The lowest BCUT2D eigenvalue weighted by molar-refractivity contribution is 0.621. The standard InChI is InChI=1S/C14H14FN3/c1-2-3-14-17-6-7-18(14)10-11-4-5-13(15)12(8-11)9-16/h4-8H,2-3,10H2,1H3. The number of nitrogens with zero attached hydrogens (tertiary/aromatic N) is 3. The van der Waals surface area contributed by atoms with Crippen molar-refractivity contribution in [3.05, 3.63) is 53.4 Å². The molecule has 0 fully saturated rings. The minimum Gasteiger partial charge on any atom is -0.331 e. The molecule has 0 aliphatic rings. The van der Waals surface area contributed by atoms with Crippen molar-refractivity contribution in [3.8, 4) is 6.07 Å². The molecule has 0 spiro atoms. The Morgan fingerprint density at radius 3 is 3.00 bits per heavy atom. The topological polar surface area (TPSA) is 41.6 Å². The fourth-order valence-electron chi connectivity index (χ4n) is 1.89. The summed E-state index contributed by atoms with van der Waals surface area (Å²) in [6.45, 7) is 2.72. The number of hydrogen-bond acceptors (Lipinski definition) is 2. The van der Waals surface area contributed by atoms with Gasteiger partial charge in [-0.25, -0.2) is 9.37 Å². The van der Waals surface area contributed by atoms with E-state index in [9.17, 15) is 4.39 Å². The summed E-state index contributed by atoms with van der Waals surface area (Å²) in [4.78, 5) is 4.29. The highest BCUT2D eigenvalue weighted by molar-refractivity contribution is 5.34. The van der Waals surface area contributed by atoms with Gasteiger partial charge < -0.3 is 4.57 Å². The Bertz CT molecular complexity index is 581. The second kappa shape index (κ2) is 5.46. The van der Waals surface area contributed by atoms with Gasteiger partial charge >= 0.3 is 0 Å². The van der Waals surface area contributed by atoms with E-state index in [0.29, 0.717) is 6.54 Å². The minimum absolute atomic E-state index is 0.0876. The number of rotatable bonds is 4. The van der Waals surface area contributed by atoms with E-state index >= 15 is 0 Å². The van der Waals surface area contributed by atoms with Crippen LogP contribution in [0.3, 0.4) is 0 Å². The van der Waals surface area contributed by atoms with Gasteiger partial charge in [0.2, 0.25) is 0 Å². The van der Waals surface area contributed by atoms with Gasteiger partial charge in [0.1, 0.15) is 17.7 Å². The molecule has 0 unspecified atom stereocenters. The number of benzene rings is 1. The van der Waals surface area contributed by atoms with E-state index in [1.807, 2.05) is 16.8 Å². The van der Waals surface area contributed by atoms with Gasteiger partial charge in [0.05, 0.1) is 5.56 Å². The first kappa shape index (κ1) is 12.3. The average Bonchev–Trinajstić information content (AvgIpc) is 2.80. The van der Waals surface area contributed by atoms with Crippen molar-refractivity contribution in [2.45, 2.75) is 26.3 Å². The van der Waals surface area contributed by atoms with Gasteiger partial charge in [-0.05, 0) is 24.1 Å². The van der Waals surface area contributed by atoms with Gasteiger partial charge in [-0.1, -0.05) is 13.0 Å². The maximum Gasteiger partial charge on any atom is 0.140 e. The lowest BCUT2D eigenvalue weighted by Crippen LogP contribution is -2.04. The van der Waals surface area contributed by atoms with Crippen LogP contribution in [-0.2, 0) is 13.0 Å². The van der Waals surface area contributed by atoms with E-state index in [1.54, 1.807) is 18.3 Å². The van der Waals surface area contributed by atoms with Crippen molar-refractivity contribution in [2.24, 2.45) is 0 Å². The van der Waals surface area contributed by atoms with Crippen LogP contribution >= 0.6 is 0 Å². The molecule has 0 saturated carbocycles. The Morgan fingerprint density at radius 1 is 1.44 bits per heavy atom. The third kappa shape index (κ3) is 2.57. The monoisotopic (exact) mass is 243 g/mol.